The van der Waals surface area contributed by atoms with E-state index in [1.807, 2.05) is 26.8 Å². The standard InChI is InChI=1S/C26H29N5O4/c1-13-6-14(2)24(15(3)7-13)29-23-12-20-19-11-22(33)21(32)8-16(19)4-5-30(20)26(35)31(23)18-9-17(10-18)28-25(27)34/h6-8,11-12,17-18,32-33H,4-5,9-10H2,1-3H3,(H3,27,28,34)/b29-23+. The maximum atomic E-state index is 13.8. The Kier molecular flexibility index (Phi) is 5.42. The summed E-state index contributed by atoms with van der Waals surface area (Å²) in [7, 11) is 0. The largest absolute Gasteiger partial charge is 0.504 e. The lowest BCUT2D eigenvalue weighted by molar-refractivity contribution is 0.202. The van der Waals surface area contributed by atoms with Crippen molar-refractivity contribution < 1.29 is 15.0 Å². The first-order chi connectivity index (χ1) is 16.6. The molecule has 2 aliphatic rings. The van der Waals surface area contributed by atoms with Gasteiger partial charge in [-0.25, -0.2) is 14.6 Å². The molecule has 0 spiro atoms. The number of phenols is 2. The molecule has 3 aromatic rings. The molecule has 2 aromatic carbocycles. The Morgan fingerprint density at radius 3 is 2.37 bits per heavy atom. The van der Waals surface area contributed by atoms with Gasteiger partial charge in [-0.05, 0) is 68.9 Å². The number of rotatable bonds is 3. The number of urea groups is 1. The number of nitrogens with two attached hydrogens (primary N) is 1. The second-order valence-corrected chi connectivity index (χ2v) is 9.63. The van der Waals surface area contributed by atoms with E-state index < -0.39 is 6.03 Å². The Balaban J connectivity index is 1.73. The van der Waals surface area contributed by atoms with Gasteiger partial charge in [0, 0.05) is 30.3 Å². The highest BCUT2D eigenvalue weighted by atomic mass is 16.3. The van der Waals surface area contributed by atoms with E-state index in [4.69, 9.17) is 10.7 Å². The highest BCUT2D eigenvalue weighted by molar-refractivity contribution is 5.72. The van der Waals surface area contributed by atoms with Crippen LogP contribution < -0.4 is 22.2 Å². The van der Waals surface area contributed by atoms with E-state index >= 15 is 0 Å². The van der Waals surface area contributed by atoms with Crippen molar-refractivity contribution in [2.75, 3.05) is 0 Å². The molecule has 1 fully saturated rings. The lowest BCUT2D eigenvalue weighted by Gasteiger charge is -2.37. The number of phenolic OH excluding ortho intramolecular Hbond substituents is 2. The van der Waals surface area contributed by atoms with Gasteiger partial charge in [0.1, 0.15) is 5.49 Å². The first kappa shape index (κ1) is 22.8. The fourth-order valence-corrected chi connectivity index (χ4v) is 5.35. The van der Waals surface area contributed by atoms with Gasteiger partial charge in [0.05, 0.1) is 11.4 Å². The van der Waals surface area contributed by atoms with Crippen LogP contribution in [0.15, 0.2) is 40.1 Å². The zero-order valence-corrected chi connectivity index (χ0v) is 20.0. The van der Waals surface area contributed by atoms with Crippen molar-refractivity contribution >= 4 is 11.7 Å². The average Bonchev–Trinajstić information content (AvgIpc) is 2.74. The number of nitrogens with one attached hydrogen (secondary N) is 1. The number of amides is 2. The first-order valence-corrected chi connectivity index (χ1v) is 11.7. The summed E-state index contributed by atoms with van der Waals surface area (Å²) < 4.78 is 3.41. The molecule has 2 amide bonds. The minimum Gasteiger partial charge on any atom is -0.504 e. The Hall–Kier alpha value is -4.01. The summed E-state index contributed by atoms with van der Waals surface area (Å²) in [4.78, 5) is 30.1. The molecule has 0 bridgehead atoms. The molecule has 1 aliphatic heterocycles. The van der Waals surface area contributed by atoms with Crippen LogP contribution in [0.2, 0.25) is 0 Å². The first-order valence-electron chi connectivity index (χ1n) is 11.7. The van der Waals surface area contributed by atoms with Crippen molar-refractivity contribution in [3.8, 4) is 22.8 Å². The van der Waals surface area contributed by atoms with Crippen molar-refractivity contribution in [3.05, 3.63) is 68.6 Å². The van der Waals surface area contributed by atoms with E-state index in [0.717, 1.165) is 27.9 Å². The lowest BCUT2D eigenvalue weighted by atomic mass is 9.86. The smallest absolute Gasteiger partial charge is 0.330 e. The molecule has 0 radical (unpaired) electrons. The Labute approximate surface area is 202 Å². The molecular weight excluding hydrogens is 446 g/mol. The van der Waals surface area contributed by atoms with Crippen LogP contribution in [-0.4, -0.2) is 31.4 Å². The minimum absolute atomic E-state index is 0.0817. The summed E-state index contributed by atoms with van der Waals surface area (Å²) >= 11 is 0. The van der Waals surface area contributed by atoms with Crippen LogP contribution in [-0.2, 0) is 13.0 Å². The number of benzene rings is 2. The molecular formula is C26H29N5O4. The van der Waals surface area contributed by atoms with Crippen LogP contribution >= 0.6 is 0 Å². The lowest BCUT2D eigenvalue weighted by Crippen LogP contribution is -2.53. The number of primary amides is 1. The SMILES string of the molecule is Cc1cc(C)c(/N=c2\cc3n(c(=O)n2C2CC(NC(N)=O)C2)CCc2cc(O)c(O)cc2-3)c(C)c1. The molecule has 5 N–H and O–H groups in total. The number of hydrogen-bond acceptors (Lipinski definition) is 5. The molecule has 1 aromatic heterocycles. The number of aromatic nitrogens is 2. The zero-order chi connectivity index (χ0) is 25.0. The molecule has 182 valence electrons. The van der Waals surface area contributed by atoms with E-state index in [2.05, 4.69) is 17.4 Å². The molecule has 2 heterocycles. The highest BCUT2D eigenvalue weighted by Crippen LogP contribution is 2.37. The van der Waals surface area contributed by atoms with Gasteiger partial charge >= 0.3 is 11.7 Å². The summed E-state index contributed by atoms with van der Waals surface area (Å²) in [5, 5.41) is 22.8. The van der Waals surface area contributed by atoms with Gasteiger partial charge in [-0.2, -0.15) is 0 Å². The predicted octanol–water partition coefficient (Wildman–Crippen LogP) is 2.81. The monoisotopic (exact) mass is 475 g/mol. The quantitative estimate of drug-likeness (QED) is 0.433. The summed E-state index contributed by atoms with van der Waals surface area (Å²) in [5.74, 6) is -0.409. The van der Waals surface area contributed by atoms with Crippen molar-refractivity contribution in [2.45, 2.75) is 58.7 Å². The third-order valence-electron chi connectivity index (χ3n) is 7.01. The third kappa shape index (κ3) is 3.96. The second kappa shape index (κ2) is 8.33. The minimum atomic E-state index is -0.573. The van der Waals surface area contributed by atoms with Crippen LogP contribution in [0.1, 0.15) is 41.1 Å². The fourth-order valence-electron chi connectivity index (χ4n) is 5.35. The van der Waals surface area contributed by atoms with E-state index in [0.29, 0.717) is 42.6 Å². The number of aryl methyl sites for hydroxylation is 4. The molecule has 1 aliphatic carbocycles. The Morgan fingerprint density at radius 1 is 1.06 bits per heavy atom. The maximum absolute atomic E-state index is 13.8. The van der Waals surface area contributed by atoms with E-state index in [1.54, 1.807) is 15.2 Å². The third-order valence-corrected chi connectivity index (χ3v) is 7.01. The van der Waals surface area contributed by atoms with Gasteiger partial charge < -0.3 is 21.3 Å². The number of fused-ring (bicyclic) bond motifs is 3. The zero-order valence-electron chi connectivity index (χ0n) is 20.0. The van der Waals surface area contributed by atoms with Crippen LogP contribution in [0.5, 0.6) is 11.5 Å². The highest BCUT2D eigenvalue weighted by Gasteiger charge is 2.34. The molecule has 0 saturated heterocycles. The maximum Gasteiger partial charge on any atom is 0.330 e. The summed E-state index contributed by atoms with van der Waals surface area (Å²) in [6, 6.07) is 8.28. The van der Waals surface area contributed by atoms with Crippen LogP contribution in [0, 0.1) is 20.8 Å². The van der Waals surface area contributed by atoms with E-state index in [-0.39, 0.29) is 29.3 Å². The number of nitrogens with zero attached hydrogens (tertiary/aromatic N) is 3. The Bertz CT molecular complexity index is 1470. The van der Waals surface area contributed by atoms with Gasteiger partial charge in [0.25, 0.3) is 0 Å². The number of aromatic hydroxyl groups is 2. The van der Waals surface area contributed by atoms with Crippen LogP contribution in [0.4, 0.5) is 10.5 Å². The number of carbonyl (C=O) groups is 1. The molecule has 0 unspecified atom stereocenters. The summed E-state index contributed by atoms with van der Waals surface area (Å²) in [6.45, 7) is 6.49. The van der Waals surface area contributed by atoms with Crippen LogP contribution in [0.25, 0.3) is 11.3 Å². The normalized spacial score (nSPS) is 19.0. The van der Waals surface area contributed by atoms with Gasteiger partial charge in [0.15, 0.2) is 11.5 Å². The van der Waals surface area contributed by atoms with Crippen LogP contribution in [0.3, 0.4) is 0 Å². The number of hydrogen-bond donors (Lipinski definition) is 4. The molecule has 35 heavy (non-hydrogen) atoms. The van der Waals surface area contributed by atoms with Gasteiger partial charge in [-0.1, -0.05) is 17.7 Å². The molecule has 5 rings (SSSR count). The van der Waals surface area contributed by atoms with Crippen molar-refractivity contribution in [1.82, 2.24) is 14.5 Å². The van der Waals surface area contributed by atoms with Gasteiger partial charge in [-0.15, -0.1) is 0 Å². The van der Waals surface area contributed by atoms with Crippen molar-refractivity contribution in [2.24, 2.45) is 10.7 Å². The van der Waals surface area contributed by atoms with Crippen molar-refractivity contribution in [3.63, 3.8) is 0 Å². The molecule has 0 atom stereocenters. The molecule has 9 heteroatoms. The predicted molar refractivity (Wildman–Crippen MR) is 132 cm³/mol. The van der Waals surface area contributed by atoms with Crippen molar-refractivity contribution in [1.29, 1.82) is 0 Å². The molecule has 1 saturated carbocycles. The fraction of sp³-hybridized carbons (Fsp3) is 0.346. The van der Waals surface area contributed by atoms with Gasteiger partial charge in [-0.3, -0.25) is 9.13 Å². The topological polar surface area (TPSA) is 135 Å². The summed E-state index contributed by atoms with van der Waals surface area (Å²) in [6.07, 6.45) is 1.73. The summed E-state index contributed by atoms with van der Waals surface area (Å²) in [5.41, 5.74) is 11.8. The molecule has 9 nitrogen and oxygen atoms in total. The van der Waals surface area contributed by atoms with E-state index in [1.165, 1.54) is 6.07 Å². The average molecular weight is 476 g/mol. The van der Waals surface area contributed by atoms with E-state index in [9.17, 15) is 19.8 Å². The second-order valence-electron chi connectivity index (χ2n) is 9.63. The Morgan fingerprint density at radius 2 is 1.71 bits per heavy atom. The van der Waals surface area contributed by atoms with Gasteiger partial charge in [0.2, 0.25) is 0 Å². The number of carbonyl (C=O) groups excluding carboxylic acids is 1.